The molecule has 0 aromatic rings. The molecule has 0 aliphatic rings. The van der Waals surface area contributed by atoms with E-state index in [0.717, 1.165) is 5.57 Å². The Hall–Kier alpha value is -1.25. The lowest BCUT2D eigenvalue weighted by atomic mass is 10.2. The molecule has 0 atom stereocenters. The van der Waals surface area contributed by atoms with Crippen LogP contribution in [0.3, 0.4) is 0 Å². The average Bonchev–Trinajstić information content (AvgIpc) is 2.02. The third kappa shape index (κ3) is 5.41. The Kier molecular flexibility index (Phi) is 5.68. The van der Waals surface area contributed by atoms with Crippen molar-refractivity contribution >= 4 is 5.97 Å². The van der Waals surface area contributed by atoms with Crippen molar-refractivity contribution in [2.45, 2.75) is 20.8 Å². The Morgan fingerprint density at radius 3 is 2.36 bits per heavy atom. The number of hydrogen-bond donors (Lipinski definition) is 0. The van der Waals surface area contributed by atoms with Gasteiger partial charge in [0, 0.05) is 25.9 Å². The molecule has 0 spiro atoms. The lowest BCUT2D eigenvalue weighted by Gasteiger charge is -2.06. The van der Waals surface area contributed by atoms with Crippen LogP contribution in [0.15, 0.2) is 23.4 Å². The number of carbonyl (C=O) groups is 1. The lowest BCUT2D eigenvalue weighted by Crippen LogP contribution is -2.06. The Bertz CT molecular complexity index is 252. The topological polar surface area (TPSA) is 29.5 Å². The summed E-state index contributed by atoms with van der Waals surface area (Å²) in [5, 5.41) is 0. The normalized spacial score (nSPS) is 12.6. The molecule has 80 valence electrons. The first-order chi connectivity index (χ1) is 6.47. The van der Waals surface area contributed by atoms with Crippen molar-refractivity contribution < 1.29 is 9.53 Å². The van der Waals surface area contributed by atoms with E-state index in [1.54, 1.807) is 13.8 Å². The van der Waals surface area contributed by atoms with Gasteiger partial charge in [-0.2, -0.15) is 0 Å². The van der Waals surface area contributed by atoms with E-state index >= 15 is 0 Å². The minimum atomic E-state index is -0.251. The molecule has 0 heterocycles. The summed E-state index contributed by atoms with van der Waals surface area (Å²) >= 11 is 0. The minimum absolute atomic E-state index is 0.251. The molecule has 0 unspecified atom stereocenters. The van der Waals surface area contributed by atoms with E-state index < -0.39 is 0 Å². The molecule has 0 aromatic heterocycles. The van der Waals surface area contributed by atoms with E-state index in [1.807, 2.05) is 38.2 Å². The second-order valence-electron chi connectivity index (χ2n) is 3.38. The SMILES string of the molecule is CCOC(=O)/C(C)=C/C(C)=C/N(C)C. The first kappa shape index (κ1) is 12.8. The predicted octanol–water partition coefficient (Wildman–Crippen LogP) is 1.96. The van der Waals surface area contributed by atoms with Crippen molar-refractivity contribution in [2.75, 3.05) is 20.7 Å². The molecule has 0 N–H and O–H groups in total. The van der Waals surface area contributed by atoms with E-state index in [4.69, 9.17) is 4.74 Å². The Balaban J connectivity index is 4.43. The molecule has 14 heavy (non-hydrogen) atoms. The summed E-state index contributed by atoms with van der Waals surface area (Å²) in [5.41, 5.74) is 1.66. The van der Waals surface area contributed by atoms with Crippen molar-refractivity contribution in [2.24, 2.45) is 0 Å². The summed E-state index contributed by atoms with van der Waals surface area (Å²) < 4.78 is 4.86. The quantitative estimate of drug-likeness (QED) is 0.392. The molecule has 0 fully saturated rings. The fourth-order valence-corrected chi connectivity index (χ4v) is 1.09. The van der Waals surface area contributed by atoms with Gasteiger partial charge in [0.15, 0.2) is 0 Å². The monoisotopic (exact) mass is 197 g/mol. The smallest absolute Gasteiger partial charge is 0.333 e. The van der Waals surface area contributed by atoms with Crippen LogP contribution in [-0.4, -0.2) is 31.6 Å². The number of esters is 1. The van der Waals surface area contributed by atoms with Gasteiger partial charge in [-0.1, -0.05) is 0 Å². The number of nitrogens with zero attached hydrogens (tertiary/aromatic N) is 1. The number of hydrogen-bond acceptors (Lipinski definition) is 3. The number of ether oxygens (including phenoxy) is 1. The predicted molar refractivity (Wildman–Crippen MR) is 57.8 cm³/mol. The molecule has 0 aliphatic carbocycles. The highest BCUT2D eigenvalue weighted by molar-refractivity contribution is 5.88. The summed E-state index contributed by atoms with van der Waals surface area (Å²) in [6.45, 7) is 5.92. The van der Waals surface area contributed by atoms with Crippen molar-refractivity contribution in [3.8, 4) is 0 Å². The third-order valence-electron chi connectivity index (χ3n) is 1.50. The fourth-order valence-electron chi connectivity index (χ4n) is 1.09. The van der Waals surface area contributed by atoms with Crippen LogP contribution < -0.4 is 0 Å². The highest BCUT2D eigenvalue weighted by atomic mass is 16.5. The maximum Gasteiger partial charge on any atom is 0.333 e. The van der Waals surface area contributed by atoms with Crippen LogP contribution in [0.4, 0.5) is 0 Å². The van der Waals surface area contributed by atoms with Crippen LogP contribution in [0.25, 0.3) is 0 Å². The average molecular weight is 197 g/mol. The van der Waals surface area contributed by atoms with E-state index in [1.165, 1.54) is 0 Å². The fraction of sp³-hybridized carbons (Fsp3) is 0.545. The van der Waals surface area contributed by atoms with Gasteiger partial charge >= 0.3 is 5.97 Å². The minimum Gasteiger partial charge on any atom is -0.463 e. The molecule has 0 amide bonds. The van der Waals surface area contributed by atoms with E-state index in [9.17, 15) is 4.79 Å². The maximum absolute atomic E-state index is 11.2. The van der Waals surface area contributed by atoms with Crippen LogP contribution in [-0.2, 0) is 9.53 Å². The van der Waals surface area contributed by atoms with Crippen molar-refractivity contribution in [1.29, 1.82) is 0 Å². The van der Waals surface area contributed by atoms with E-state index in [-0.39, 0.29) is 5.97 Å². The lowest BCUT2D eigenvalue weighted by molar-refractivity contribution is -0.138. The summed E-state index contributed by atoms with van der Waals surface area (Å²) in [5.74, 6) is -0.251. The molecule has 0 aliphatic heterocycles. The van der Waals surface area contributed by atoms with Crippen LogP contribution in [0.2, 0.25) is 0 Å². The van der Waals surface area contributed by atoms with Crippen molar-refractivity contribution in [1.82, 2.24) is 4.90 Å². The standard InChI is InChI=1S/C11H19NO2/c1-6-14-11(13)10(3)7-9(2)8-12(4)5/h7-8H,6H2,1-5H3/b9-8+,10-7+. The molecule has 0 rings (SSSR count). The first-order valence-corrected chi connectivity index (χ1v) is 4.67. The van der Waals surface area contributed by atoms with Gasteiger partial charge < -0.3 is 9.64 Å². The second kappa shape index (κ2) is 6.24. The summed E-state index contributed by atoms with van der Waals surface area (Å²) in [6, 6.07) is 0. The third-order valence-corrected chi connectivity index (χ3v) is 1.50. The molecule has 3 nitrogen and oxygen atoms in total. The van der Waals surface area contributed by atoms with Gasteiger partial charge in [0.2, 0.25) is 0 Å². The molecule has 3 heteroatoms. The molecular formula is C11H19NO2. The van der Waals surface area contributed by atoms with Crippen molar-refractivity contribution in [3.63, 3.8) is 0 Å². The highest BCUT2D eigenvalue weighted by Gasteiger charge is 2.03. The van der Waals surface area contributed by atoms with Gasteiger partial charge in [-0.25, -0.2) is 4.79 Å². The van der Waals surface area contributed by atoms with Crippen LogP contribution >= 0.6 is 0 Å². The molecular weight excluding hydrogens is 178 g/mol. The summed E-state index contributed by atoms with van der Waals surface area (Å²) in [4.78, 5) is 13.2. The zero-order valence-electron chi connectivity index (χ0n) is 9.63. The van der Waals surface area contributed by atoms with Gasteiger partial charge in [-0.05, 0) is 32.4 Å². The van der Waals surface area contributed by atoms with E-state index in [2.05, 4.69) is 0 Å². The summed E-state index contributed by atoms with van der Waals surface area (Å²) in [6.07, 6.45) is 3.76. The molecule has 0 bridgehead atoms. The molecule has 0 aromatic carbocycles. The van der Waals surface area contributed by atoms with Crippen molar-refractivity contribution in [3.05, 3.63) is 23.4 Å². The highest BCUT2D eigenvalue weighted by Crippen LogP contribution is 2.04. The van der Waals surface area contributed by atoms with Crippen LogP contribution in [0, 0.1) is 0 Å². The Labute approximate surface area is 86.0 Å². The van der Waals surface area contributed by atoms with Gasteiger partial charge in [-0.15, -0.1) is 0 Å². The van der Waals surface area contributed by atoms with Gasteiger partial charge in [0.1, 0.15) is 0 Å². The summed E-state index contributed by atoms with van der Waals surface area (Å²) in [7, 11) is 3.88. The maximum atomic E-state index is 11.2. The number of allylic oxidation sites excluding steroid dienone is 2. The zero-order valence-corrected chi connectivity index (χ0v) is 9.63. The Morgan fingerprint density at radius 1 is 1.36 bits per heavy atom. The first-order valence-electron chi connectivity index (χ1n) is 4.67. The van der Waals surface area contributed by atoms with Crippen LogP contribution in [0.5, 0.6) is 0 Å². The number of carbonyl (C=O) groups excluding carboxylic acids is 1. The van der Waals surface area contributed by atoms with Crippen LogP contribution in [0.1, 0.15) is 20.8 Å². The molecule has 0 saturated heterocycles. The molecule has 0 saturated carbocycles. The largest absolute Gasteiger partial charge is 0.463 e. The number of rotatable bonds is 4. The van der Waals surface area contributed by atoms with E-state index in [0.29, 0.717) is 12.2 Å². The van der Waals surface area contributed by atoms with Gasteiger partial charge in [-0.3, -0.25) is 0 Å². The second-order valence-corrected chi connectivity index (χ2v) is 3.38. The molecule has 0 radical (unpaired) electrons. The van der Waals surface area contributed by atoms with Gasteiger partial charge in [0.05, 0.1) is 6.61 Å². The zero-order chi connectivity index (χ0) is 11.1. The van der Waals surface area contributed by atoms with Gasteiger partial charge in [0.25, 0.3) is 0 Å². The Morgan fingerprint density at radius 2 is 1.93 bits per heavy atom.